The predicted octanol–water partition coefficient (Wildman–Crippen LogP) is 4.62. The zero-order valence-corrected chi connectivity index (χ0v) is 13.8. The van der Waals surface area contributed by atoms with Crippen molar-refractivity contribution in [1.82, 2.24) is 0 Å². The third kappa shape index (κ3) is 4.65. The molecule has 0 aromatic heterocycles. The first kappa shape index (κ1) is 17.9. The lowest BCUT2D eigenvalue weighted by Crippen LogP contribution is -1.98. The van der Waals surface area contributed by atoms with Crippen LogP contribution in [0, 0.1) is 6.92 Å². The fourth-order valence-electron chi connectivity index (χ4n) is 2.36. The van der Waals surface area contributed by atoms with Crippen molar-refractivity contribution in [3.63, 3.8) is 0 Å². The smallest absolute Gasteiger partial charge is 0.141 e. The minimum Gasteiger partial charge on any atom is -0.507 e. The van der Waals surface area contributed by atoms with E-state index in [1.807, 2.05) is 0 Å². The highest BCUT2D eigenvalue weighted by Crippen LogP contribution is 2.41. The van der Waals surface area contributed by atoms with Crippen molar-refractivity contribution in [1.29, 1.82) is 0 Å². The van der Waals surface area contributed by atoms with E-state index >= 15 is 0 Å². The van der Waals surface area contributed by atoms with Gasteiger partial charge in [-0.1, -0.05) is 29.7 Å². The molecule has 3 N–H and O–H groups in total. The summed E-state index contributed by atoms with van der Waals surface area (Å²) in [6.45, 7) is 5.56. The first-order chi connectivity index (χ1) is 9.90. The molecule has 0 atom stereocenters. The van der Waals surface area contributed by atoms with E-state index in [4.69, 9.17) is 11.6 Å². The molecule has 0 saturated heterocycles. The average Bonchev–Trinajstić information content (AvgIpc) is 2.43. The second kappa shape index (κ2) is 8.30. The maximum absolute atomic E-state index is 10.2. The minimum atomic E-state index is -0.286. The molecule has 3 nitrogen and oxygen atoms in total. The molecule has 1 aromatic rings. The number of aliphatic hydroxyl groups excluding tert-OH is 1. The van der Waals surface area contributed by atoms with Crippen LogP contribution in [0.15, 0.2) is 11.6 Å². The van der Waals surface area contributed by atoms with Crippen molar-refractivity contribution in [2.75, 3.05) is 0 Å². The van der Waals surface area contributed by atoms with Gasteiger partial charge in [0.1, 0.15) is 11.5 Å². The molecule has 1 rings (SSSR count). The molecule has 0 bridgehead atoms. The number of rotatable bonds is 7. The van der Waals surface area contributed by atoms with Crippen LogP contribution in [0.3, 0.4) is 0 Å². The summed E-state index contributed by atoms with van der Waals surface area (Å²) < 4.78 is 0. The predicted molar refractivity (Wildman–Crippen MR) is 87.0 cm³/mol. The van der Waals surface area contributed by atoms with Crippen molar-refractivity contribution in [3.8, 4) is 11.5 Å². The molecule has 21 heavy (non-hydrogen) atoms. The molecule has 0 unspecified atom stereocenters. The van der Waals surface area contributed by atoms with Crippen LogP contribution in [-0.2, 0) is 13.0 Å². The third-order valence-corrected chi connectivity index (χ3v) is 4.15. The Morgan fingerprint density at radius 1 is 1.05 bits per heavy atom. The Morgan fingerprint density at radius 2 is 1.71 bits per heavy atom. The van der Waals surface area contributed by atoms with Gasteiger partial charge in [0, 0.05) is 11.1 Å². The molecule has 0 aliphatic carbocycles. The number of aromatic hydroxyl groups is 2. The van der Waals surface area contributed by atoms with Gasteiger partial charge in [-0.15, -0.1) is 0 Å². The summed E-state index contributed by atoms with van der Waals surface area (Å²) in [5.41, 5.74) is 2.69. The van der Waals surface area contributed by atoms with E-state index in [2.05, 4.69) is 19.9 Å². The van der Waals surface area contributed by atoms with Crippen LogP contribution in [-0.4, -0.2) is 15.3 Å². The van der Waals surface area contributed by atoms with Crippen LogP contribution in [0.1, 0.15) is 56.2 Å². The van der Waals surface area contributed by atoms with Gasteiger partial charge in [0.15, 0.2) is 0 Å². The van der Waals surface area contributed by atoms with Gasteiger partial charge < -0.3 is 15.3 Å². The van der Waals surface area contributed by atoms with Crippen LogP contribution < -0.4 is 0 Å². The number of aliphatic hydroxyl groups is 1. The molecule has 118 valence electrons. The van der Waals surface area contributed by atoms with Crippen molar-refractivity contribution in [3.05, 3.63) is 33.4 Å². The van der Waals surface area contributed by atoms with E-state index in [1.165, 1.54) is 5.57 Å². The van der Waals surface area contributed by atoms with Gasteiger partial charge >= 0.3 is 0 Å². The highest BCUT2D eigenvalue weighted by molar-refractivity contribution is 6.33. The SMILES string of the molecule is CC(C)=CCCCCCc1c(O)c(Cl)c(C)c(CO)c1O. The summed E-state index contributed by atoms with van der Waals surface area (Å²) in [7, 11) is 0. The number of phenols is 2. The van der Waals surface area contributed by atoms with E-state index in [1.54, 1.807) is 6.92 Å². The molecule has 0 radical (unpaired) electrons. The van der Waals surface area contributed by atoms with Gasteiger partial charge in [0.2, 0.25) is 0 Å². The van der Waals surface area contributed by atoms with E-state index in [0.717, 1.165) is 25.7 Å². The molecular formula is C17H25ClO3. The molecule has 0 heterocycles. The number of unbranched alkanes of at least 4 members (excludes halogenated alkanes) is 3. The van der Waals surface area contributed by atoms with E-state index < -0.39 is 0 Å². The van der Waals surface area contributed by atoms with Crippen molar-refractivity contribution in [2.45, 2.75) is 59.5 Å². The van der Waals surface area contributed by atoms with Crippen molar-refractivity contribution in [2.24, 2.45) is 0 Å². The van der Waals surface area contributed by atoms with Crippen LogP contribution in [0.25, 0.3) is 0 Å². The minimum absolute atomic E-state index is 0.0267. The second-order valence-corrected chi connectivity index (χ2v) is 6.01. The molecule has 0 aliphatic rings. The highest BCUT2D eigenvalue weighted by atomic mass is 35.5. The summed E-state index contributed by atoms with van der Waals surface area (Å²) in [4.78, 5) is 0. The summed E-state index contributed by atoms with van der Waals surface area (Å²) >= 11 is 6.06. The van der Waals surface area contributed by atoms with Crippen molar-refractivity contribution >= 4 is 11.6 Å². The van der Waals surface area contributed by atoms with Gasteiger partial charge in [0.05, 0.1) is 11.6 Å². The first-order valence-electron chi connectivity index (χ1n) is 7.36. The third-order valence-electron chi connectivity index (χ3n) is 3.69. The van der Waals surface area contributed by atoms with Gasteiger partial charge in [-0.3, -0.25) is 0 Å². The van der Waals surface area contributed by atoms with Gasteiger partial charge in [0.25, 0.3) is 0 Å². The van der Waals surface area contributed by atoms with E-state index in [0.29, 0.717) is 23.1 Å². The Labute approximate surface area is 131 Å². The molecular weight excluding hydrogens is 288 g/mol. The van der Waals surface area contributed by atoms with E-state index in [9.17, 15) is 15.3 Å². The Hall–Kier alpha value is -1.19. The van der Waals surface area contributed by atoms with E-state index in [-0.39, 0.29) is 23.1 Å². The summed E-state index contributed by atoms with van der Waals surface area (Å²) in [6.07, 6.45) is 6.78. The highest BCUT2D eigenvalue weighted by Gasteiger charge is 2.19. The zero-order valence-electron chi connectivity index (χ0n) is 13.0. The standard InChI is InChI=1S/C17H25ClO3/c1-11(2)8-6-4-5-7-9-13-16(20)14(10-19)12(3)15(18)17(13)21/h8,19-21H,4-7,9-10H2,1-3H3. The molecule has 0 aliphatic heterocycles. The monoisotopic (exact) mass is 312 g/mol. The lowest BCUT2D eigenvalue weighted by molar-refractivity contribution is 0.273. The Bertz CT molecular complexity index is 518. The normalized spacial score (nSPS) is 10.7. The molecule has 4 heteroatoms. The second-order valence-electron chi connectivity index (χ2n) is 5.63. The number of benzene rings is 1. The fourth-order valence-corrected chi connectivity index (χ4v) is 2.59. The number of allylic oxidation sites excluding steroid dienone is 2. The number of phenolic OH excluding ortho intramolecular Hbond substituents is 1. The van der Waals surface area contributed by atoms with Gasteiger partial charge in [-0.2, -0.15) is 0 Å². The summed E-state index contributed by atoms with van der Waals surface area (Å²) in [6, 6.07) is 0. The van der Waals surface area contributed by atoms with Crippen molar-refractivity contribution < 1.29 is 15.3 Å². The zero-order chi connectivity index (χ0) is 16.0. The van der Waals surface area contributed by atoms with Crippen LogP contribution >= 0.6 is 11.6 Å². The molecule has 0 fully saturated rings. The molecule has 0 saturated carbocycles. The Morgan fingerprint density at radius 3 is 2.29 bits per heavy atom. The lowest BCUT2D eigenvalue weighted by Gasteiger charge is -2.15. The van der Waals surface area contributed by atoms with Crippen LogP contribution in [0.2, 0.25) is 5.02 Å². The molecule has 0 spiro atoms. The van der Waals surface area contributed by atoms with Crippen LogP contribution in [0.4, 0.5) is 0 Å². The molecule has 0 amide bonds. The number of hydrogen-bond acceptors (Lipinski definition) is 3. The largest absolute Gasteiger partial charge is 0.507 e. The van der Waals surface area contributed by atoms with Crippen LogP contribution in [0.5, 0.6) is 11.5 Å². The Kier molecular flexibility index (Phi) is 7.06. The topological polar surface area (TPSA) is 60.7 Å². The maximum Gasteiger partial charge on any atom is 0.141 e. The average molecular weight is 313 g/mol. The number of halogens is 1. The Balaban J connectivity index is 2.71. The first-order valence-corrected chi connectivity index (χ1v) is 7.73. The summed E-state index contributed by atoms with van der Waals surface area (Å²) in [5.74, 6) is -0.0886. The summed E-state index contributed by atoms with van der Waals surface area (Å²) in [5, 5.41) is 29.8. The molecule has 1 aromatic carbocycles. The van der Waals surface area contributed by atoms with Gasteiger partial charge in [-0.25, -0.2) is 0 Å². The lowest BCUT2D eigenvalue weighted by atomic mass is 9.97. The fraction of sp³-hybridized carbons (Fsp3) is 0.529. The van der Waals surface area contributed by atoms with Gasteiger partial charge in [-0.05, 0) is 52.0 Å². The number of hydrogen-bond donors (Lipinski definition) is 3. The maximum atomic E-state index is 10.2. The quantitative estimate of drug-likeness (QED) is 0.508.